The quantitative estimate of drug-likeness (QED) is 0.272. The van der Waals surface area contributed by atoms with E-state index in [4.69, 9.17) is 24.4 Å². The van der Waals surface area contributed by atoms with E-state index in [0.29, 0.717) is 22.6 Å². The molecule has 0 saturated heterocycles. The number of amides is 2. The molecule has 34 heavy (non-hydrogen) atoms. The van der Waals surface area contributed by atoms with Crippen LogP contribution in [-0.2, 0) is 25.5 Å². The summed E-state index contributed by atoms with van der Waals surface area (Å²) in [5.41, 5.74) is 7.93. The minimum absolute atomic E-state index is 0.00279. The van der Waals surface area contributed by atoms with E-state index in [2.05, 4.69) is 5.32 Å². The van der Waals surface area contributed by atoms with Gasteiger partial charge in [-0.15, -0.1) is 0 Å². The molecule has 0 aliphatic carbocycles. The van der Waals surface area contributed by atoms with E-state index >= 15 is 0 Å². The zero-order valence-electron chi connectivity index (χ0n) is 19.3. The van der Waals surface area contributed by atoms with Gasteiger partial charge in [0.15, 0.2) is 6.29 Å². The number of non-ortho nitro benzene ring substituents is 1. The van der Waals surface area contributed by atoms with E-state index < -0.39 is 17.1 Å². The van der Waals surface area contributed by atoms with Gasteiger partial charge in [-0.25, -0.2) is 0 Å². The van der Waals surface area contributed by atoms with E-state index in [9.17, 15) is 19.7 Å². The molecule has 3 rings (SSSR count). The van der Waals surface area contributed by atoms with Crippen LogP contribution in [0.4, 0.5) is 11.4 Å². The van der Waals surface area contributed by atoms with Gasteiger partial charge in [0.2, 0.25) is 11.8 Å². The molecule has 3 aromatic rings. The Hall–Kier alpha value is -3.96. The first kappa shape index (κ1) is 26.3. The number of nitro groups is 1. The Morgan fingerprint density at radius 1 is 1.18 bits per heavy atom. The SMILES string of the molecule is CC(=O)Nc1ccc(CC(N)=O)c2occc12.COC(COc1cc([N+](=O)[O-])ccc1C)OC. The van der Waals surface area contributed by atoms with Gasteiger partial charge in [0, 0.05) is 38.2 Å². The predicted molar refractivity (Wildman–Crippen MR) is 125 cm³/mol. The Bertz CT molecular complexity index is 1100. The van der Waals surface area contributed by atoms with Gasteiger partial charge in [-0.05, 0) is 30.7 Å². The van der Waals surface area contributed by atoms with Crippen LogP contribution in [0.3, 0.4) is 0 Å². The van der Waals surface area contributed by atoms with Gasteiger partial charge in [0.05, 0.1) is 29.4 Å². The average Bonchev–Trinajstić information content (AvgIpc) is 3.28. The largest absolute Gasteiger partial charge is 0.488 e. The second kappa shape index (κ2) is 12.3. The number of hydrogen-bond donors (Lipinski definition) is 2. The third kappa shape index (κ3) is 7.29. The van der Waals surface area contributed by atoms with E-state index in [-0.39, 0.29) is 24.6 Å². The number of nitrogens with one attached hydrogen (secondary N) is 1. The van der Waals surface area contributed by atoms with Crippen LogP contribution in [-0.4, -0.2) is 43.9 Å². The fourth-order valence-corrected chi connectivity index (χ4v) is 2.99. The second-order valence-electron chi connectivity index (χ2n) is 7.18. The van der Waals surface area contributed by atoms with Gasteiger partial charge in [0.25, 0.3) is 5.69 Å². The topological polar surface area (TPSA) is 156 Å². The molecule has 0 unspecified atom stereocenters. The van der Waals surface area contributed by atoms with Crippen LogP contribution in [0, 0.1) is 17.0 Å². The summed E-state index contributed by atoms with van der Waals surface area (Å²) in [4.78, 5) is 32.1. The molecule has 0 spiro atoms. The number of nitro benzene ring substituents is 1. The summed E-state index contributed by atoms with van der Waals surface area (Å²) in [5.74, 6) is -0.122. The normalized spacial score (nSPS) is 10.5. The van der Waals surface area contributed by atoms with Gasteiger partial charge in [-0.3, -0.25) is 19.7 Å². The summed E-state index contributed by atoms with van der Waals surface area (Å²) in [7, 11) is 3.00. The van der Waals surface area contributed by atoms with Crippen LogP contribution >= 0.6 is 0 Å². The first-order valence-electron chi connectivity index (χ1n) is 10.1. The number of ether oxygens (including phenoxy) is 3. The molecule has 0 aliphatic rings. The van der Waals surface area contributed by atoms with Crippen LogP contribution in [0.2, 0.25) is 0 Å². The summed E-state index contributed by atoms with van der Waals surface area (Å²) >= 11 is 0. The molecule has 0 saturated carbocycles. The molecule has 11 heteroatoms. The number of aryl methyl sites for hydroxylation is 1. The number of furan rings is 1. The van der Waals surface area contributed by atoms with Crippen LogP contribution in [0.1, 0.15) is 18.1 Å². The molecule has 1 heterocycles. The van der Waals surface area contributed by atoms with Gasteiger partial charge < -0.3 is 29.7 Å². The fraction of sp³-hybridized carbons (Fsp3) is 0.304. The lowest BCUT2D eigenvalue weighted by atomic mass is 10.1. The number of fused-ring (bicyclic) bond motifs is 1. The van der Waals surface area contributed by atoms with Crippen LogP contribution in [0.25, 0.3) is 11.0 Å². The van der Waals surface area contributed by atoms with Crippen molar-refractivity contribution in [2.24, 2.45) is 5.73 Å². The number of hydrogen-bond acceptors (Lipinski definition) is 8. The Morgan fingerprint density at radius 3 is 2.47 bits per heavy atom. The van der Waals surface area contributed by atoms with Crippen molar-refractivity contribution in [2.75, 3.05) is 26.1 Å². The van der Waals surface area contributed by atoms with Gasteiger partial charge in [0.1, 0.15) is 17.9 Å². The van der Waals surface area contributed by atoms with Crippen LogP contribution < -0.4 is 15.8 Å². The number of carbonyl (C=O) groups is 2. The summed E-state index contributed by atoms with van der Waals surface area (Å²) in [6, 6.07) is 9.66. The molecule has 0 fully saturated rings. The van der Waals surface area contributed by atoms with Gasteiger partial charge in [-0.1, -0.05) is 6.07 Å². The smallest absolute Gasteiger partial charge is 0.273 e. The molecule has 0 aliphatic heterocycles. The molecule has 2 amide bonds. The number of primary amides is 1. The van der Waals surface area contributed by atoms with Crippen molar-refractivity contribution in [3.05, 3.63) is 63.9 Å². The monoisotopic (exact) mass is 473 g/mol. The standard InChI is InChI=1S/C12H12N2O3.C11H15NO5/c1-7(15)14-10-3-2-8(6-11(13)16)12-9(10)4-5-17-12;1-8-4-5-9(12(13)14)6-10(8)17-7-11(15-2)16-3/h2-5H,6H2,1H3,(H2,13,16)(H,14,15);4-6,11H,7H2,1-3H3. The summed E-state index contributed by atoms with van der Waals surface area (Å²) < 4.78 is 20.6. The zero-order chi connectivity index (χ0) is 25.3. The lowest BCUT2D eigenvalue weighted by molar-refractivity contribution is -0.385. The summed E-state index contributed by atoms with van der Waals surface area (Å²) in [6.45, 7) is 3.42. The number of carbonyl (C=O) groups excluding carboxylic acids is 2. The van der Waals surface area contributed by atoms with Crippen molar-refractivity contribution in [1.29, 1.82) is 0 Å². The number of nitrogens with two attached hydrogens (primary N) is 1. The fourth-order valence-electron chi connectivity index (χ4n) is 2.99. The van der Waals surface area contributed by atoms with Gasteiger partial charge >= 0.3 is 0 Å². The van der Waals surface area contributed by atoms with E-state index in [0.717, 1.165) is 10.9 Å². The molecule has 11 nitrogen and oxygen atoms in total. The Balaban J connectivity index is 0.000000240. The Morgan fingerprint density at radius 2 is 1.88 bits per heavy atom. The molecule has 0 bridgehead atoms. The highest BCUT2D eigenvalue weighted by Gasteiger charge is 2.13. The molecule has 182 valence electrons. The number of rotatable bonds is 9. The molecule has 1 aromatic heterocycles. The van der Waals surface area contributed by atoms with Crippen molar-refractivity contribution in [3.63, 3.8) is 0 Å². The highest BCUT2D eigenvalue weighted by molar-refractivity contribution is 6.01. The van der Waals surface area contributed by atoms with Crippen molar-refractivity contribution in [2.45, 2.75) is 26.6 Å². The number of anilines is 1. The lowest BCUT2D eigenvalue weighted by Gasteiger charge is -2.15. The van der Waals surface area contributed by atoms with E-state index in [1.165, 1.54) is 39.5 Å². The minimum Gasteiger partial charge on any atom is -0.488 e. The first-order chi connectivity index (χ1) is 16.2. The highest BCUT2D eigenvalue weighted by Crippen LogP contribution is 2.28. The molecule has 0 radical (unpaired) electrons. The highest BCUT2D eigenvalue weighted by atomic mass is 16.7. The van der Waals surface area contributed by atoms with Crippen molar-refractivity contribution < 1.29 is 33.1 Å². The third-order valence-corrected chi connectivity index (χ3v) is 4.66. The first-order valence-corrected chi connectivity index (χ1v) is 10.1. The van der Waals surface area contributed by atoms with Crippen molar-refractivity contribution in [3.8, 4) is 5.75 Å². The molecule has 0 atom stereocenters. The molecule has 3 N–H and O–H groups in total. The maximum absolute atomic E-state index is 11.0. The average molecular weight is 473 g/mol. The maximum Gasteiger partial charge on any atom is 0.273 e. The predicted octanol–water partition coefficient (Wildman–Crippen LogP) is 3.32. The Labute approximate surface area is 195 Å². The van der Waals surface area contributed by atoms with Crippen LogP contribution in [0.15, 0.2) is 47.1 Å². The Kier molecular flexibility index (Phi) is 9.53. The van der Waals surface area contributed by atoms with Crippen molar-refractivity contribution >= 4 is 34.2 Å². The second-order valence-corrected chi connectivity index (χ2v) is 7.18. The maximum atomic E-state index is 11.0. The van der Waals surface area contributed by atoms with E-state index in [1.54, 1.807) is 24.3 Å². The van der Waals surface area contributed by atoms with Crippen molar-refractivity contribution in [1.82, 2.24) is 0 Å². The minimum atomic E-state index is -0.492. The van der Waals surface area contributed by atoms with E-state index in [1.807, 2.05) is 6.92 Å². The number of nitrogens with zero attached hydrogens (tertiary/aromatic N) is 1. The third-order valence-electron chi connectivity index (χ3n) is 4.66. The molecule has 2 aromatic carbocycles. The summed E-state index contributed by atoms with van der Waals surface area (Å²) in [6.07, 6.45) is 1.14. The number of benzene rings is 2. The summed E-state index contributed by atoms with van der Waals surface area (Å²) in [5, 5.41) is 14.1. The number of methoxy groups -OCH3 is 2. The lowest BCUT2D eigenvalue weighted by Crippen LogP contribution is -2.22. The van der Waals surface area contributed by atoms with Gasteiger partial charge in [-0.2, -0.15) is 0 Å². The van der Waals surface area contributed by atoms with Crippen LogP contribution in [0.5, 0.6) is 5.75 Å². The molecular weight excluding hydrogens is 446 g/mol. The zero-order valence-corrected chi connectivity index (χ0v) is 19.3. The molecular formula is C23H27N3O8.